The number of rotatable bonds is 4. The summed E-state index contributed by atoms with van der Waals surface area (Å²) < 4.78 is 30.8. The van der Waals surface area contributed by atoms with Crippen molar-refractivity contribution in [3.8, 4) is 0 Å². The van der Waals surface area contributed by atoms with E-state index in [1.165, 1.54) is 12.1 Å². The van der Waals surface area contributed by atoms with Gasteiger partial charge in [0.1, 0.15) is 0 Å². The van der Waals surface area contributed by atoms with E-state index in [0.29, 0.717) is 12.1 Å². The van der Waals surface area contributed by atoms with Gasteiger partial charge in [0.2, 0.25) is 5.84 Å². The van der Waals surface area contributed by atoms with Gasteiger partial charge in [-0.15, -0.1) is 0 Å². The zero-order chi connectivity index (χ0) is 18.0. The first-order valence-electron chi connectivity index (χ1n) is 7.61. The van der Waals surface area contributed by atoms with Crippen molar-refractivity contribution in [3.63, 3.8) is 0 Å². The second-order valence-electron chi connectivity index (χ2n) is 5.66. The van der Waals surface area contributed by atoms with Gasteiger partial charge in [0, 0.05) is 10.9 Å². The summed E-state index contributed by atoms with van der Waals surface area (Å²) in [5.41, 5.74) is 3.98. The van der Waals surface area contributed by atoms with Crippen LogP contribution >= 0.6 is 0 Å². The van der Waals surface area contributed by atoms with E-state index in [1.807, 2.05) is 42.7 Å². The summed E-state index contributed by atoms with van der Waals surface area (Å²) in [6.07, 6.45) is 0. The summed E-state index contributed by atoms with van der Waals surface area (Å²) >= 11 is 0. The number of amidine groups is 1. The van der Waals surface area contributed by atoms with Crippen molar-refractivity contribution in [1.82, 2.24) is 15.2 Å². The van der Waals surface area contributed by atoms with Gasteiger partial charge < -0.3 is 11.3 Å². The van der Waals surface area contributed by atoms with Gasteiger partial charge in [0.25, 0.3) is 0 Å². The molecule has 0 saturated heterocycles. The van der Waals surface area contributed by atoms with E-state index in [2.05, 4.69) is 10.2 Å². The van der Waals surface area contributed by atoms with Gasteiger partial charge in [0.15, 0.2) is 0 Å². The molecular formula is C17H18F2N6. The molecule has 0 aliphatic rings. The Hall–Kier alpha value is -3.00. The monoisotopic (exact) mass is 344 g/mol. The molecule has 1 aromatic heterocycles. The van der Waals surface area contributed by atoms with Crippen LogP contribution in [0, 0.1) is 6.92 Å². The van der Waals surface area contributed by atoms with Crippen molar-refractivity contribution in [2.45, 2.75) is 19.4 Å². The molecule has 3 aromatic rings. The molecule has 2 aromatic carbocycles. The van der Waals surface area contributed by atoms with Crippen molar-refractivity contribution in [3.05, 3.63) is 65.4 Å². The molecule has 1 heterocycles. The minimum atomic E-state index is -3.44. The van der Waals surface area contributed by atoms with Gasteiger partial charge in [-0.1, -0.05) is 42.5 Å². The van der Waals surface area contributed by atoms with Crippen molar-refractivity contribution >= 4 is 16.7 Å². The Labute approximate surface area is 143 Å². The number of nitrogens with one attached hydrogen (secondary N) is 1. The van der Waals surface area contributed by atoms with Crippen LogP contribution < -0.4 is 17.1 Å². The maximum Gasteiger partial charge on any atom is 0.332 e. The predicted molar refractivity (Wildman–Crippen MR) is 92.9 cm³/mol. The summed E-state index contributed by atoms with van der Waals surface area (Å²) in [5.74, 6) is 5.86. The fourth-order valence-corrected chi connectivity index (χ4v) is 2.76. The van der Waals surface area contributed by atoms with Crippen LogP contribution in [-0.4, -0.2) is 15.6 Å². The molecule has 0 radical (unpaired) electrons. The number of aryl methyl sites for hydroxylation is 1. The Morgan fingerprint density at radius 1 is 1.24 bits per heavy atom. The van der Waals surface area contributed by atoms with Crippen LogP contribution in [0.25, 0.3) is 10.9 Å². The second kappa shape index (κ2) is 6.48. The van der Waals surface area contributed by atoms with Crippen LogP contribution in [0.5, 0.6) is 0 Å². The van der Waals surface area contributed by atoms with Crippen LogP contribution in [0.4, 0.5) is 8.78 Å². The topological polar surface area (TPSA) is 94.2 Å². The lowest BCUT2D eigenvalue weighted by atomic mass is 10.0. The van der Waals surface area contributed by atoms with Crippen LogP contribution in [0.15, 0.2) is 53.6 Å². The predicted octanol–water partition coefficient (Wildman–Crippen LogP) is 2.22. The van der Waals surface area contributed by atoms with Crippen molar-refractivity contribution in [2.24, 2.45) is 16.8 Å². The second-order valence-corrected chi connectivity index (χ2v) is 5.66. The van der Waals surface area contributed by atoms with E-state index in [9.17, 15) is 8.78 Å². The Balaban J connectivity index is 2.09. The smallest absolute Gasteiger partial charge is 0.321 e. The Morgan fingerprint density at radius 2 is 1.96 bits per heavy atom. The number of benzene rings is 2. The molecule has 6 nitrogen and oxygen atoms in total. The average Bonchev–Trinajstić information content (AvgIpc) is 2.92. The molecule has 0 saturated carbocycles. The third-order valence-electron chi connectivity index (χ3n) is 4.04. The van der Waals surface area contributed by atoms with Gasteiger partial charge in [-0.25, -0.2) is 5.84 Å². The Kier molecular flexibility index (Phi) is 4.37. The number of hydrogen-bond acceptors (Lipinski definition) is 4. The lowest BCUT2D eigenvalue weighted by molar-refractivity contribution is 0.0714. The number of fused-ring (bicyclic) bond motifs is 1. The van der Waals surface area contributed by atoms with Crippen LogP contribution in [0.2, 0.25) is 0 Å². The van der Waals surface area contributed by atoms with Crippen molar-refractivity contribution in [2.75, 3.05) is 0 Å². The molecule has 0 fully saturated rings. The van der Waals surface area contributed by atoms with E-state index in [1.54, 1.807) is 10.7 Å². The molecule has 25 heavy (non-hydrogen) atoms. The number of nitrogens with zero attached hydrogens (tertiary/aromatic N) is 3. The van der Waals surface area contributed by atoms with E-state index in [-0.39, 0.29) is 5.56 Å². The van der Waals surface area contributed by atoms with E-state index < -0.39 is 11.8 Å². The molecule has 0 aliphatic carbocycles. The Morgan fingerprint density at radius 3 is 2.60 bits per heavy atom. The summed E-state index contributed by atoms with van der Waals surface area (Å²) in [4.78, 5) is 0. The number of hydrazone groups is 1. The largest absolute Gasteiger partial charge is 0.332 e. The fraction of sp³-hybridized carbons (Fsp3) is 0.176. The molecule has 130 valence electrons. The van der Waals surface area contributed by atoms with Crippen molar-refractivity contribution in [1.29, 1.82) is 0 Å². The number of alkyl halides is 2. The summed E-state index contributed by atoms with van der Waals surface area (Å²) in [5, 5.41) is 8.32. The summed E-state index contributed by atoms with van der Waals surface area (Å²) in [6, 6.07) is 14.0. The molecule has 0 atom stereocenters. The van der Waals surface area contributed by atoms with E-state index in [0.717, 1.165) is 16.6 Å². The zero-order valence-corrected chi connectivity index (χ0v) is 13.6. The molecule has 0 spiro atoms. The number of hydrogen-bond donors (Lipinski definition) is 3. The molecule has 3 rings (SSSR count). The minimum absolute atomic E-state index is 0.267. The number of hydrazine groups is 1. The molecule has 0 unspecified atom stereocenters. The minimum Gasteiger partial charge on any atom is -0.321 e. The lowest BCUT2D eigenvalue weighted by Gasteiger charge is -2.18. The first kappa shape index (κ1) is 16.8. The van der Waals surface area contributed by atoms with E-state index in [4.69, 9.17) is 11.7 Å². The first-order chi connectivity index (χ1) is 12.0. The standard InChI is InChI=1S/C17H18F2N6/c1-11-14-8-7-13(17(18,19)16(22-20)23-21)9-15(14)25(24-11)10-12-5-3-2-4-6-12/h2-9H,10,20-21H2,1H3,(H,22,23). The normalized spacial score (nSPS) is 12.6. The molecule has 5 N–H and O–H groups in total. The lowest BCUT2D eigenvalue weighted by Crippen LogP contribution is -2.43. The van der Waals surface area contributed by atoms with Crippen LogP contribution in [0.1, 0.15) is 16.8 Å². The maximum atomic E-state index is 14.5. The summed E-state index contributed by atoms with van der Waals surface area (Å²) in [6.45, 7) is 2.32. The Bertz CT molecular complexity index is 918. The number of aromatic nitrogens is 2. The molecule has 8 heteroatoms. The highest BCUT2D eigenvalue weighted by atomic mass is 19.3. The van der Waals surface area contributed by atoms with Gasteiger partial charge in [-0.05, 0) is 18.6 Å². The third-order valence-corrected chi connectivity index (χ3v) is 4.04. The summed E-state index contributed by atoms with van der Waals surface area (Å²) in [7, 11) is 0. The van der Waals surface area contributed by atoms with Gasteiger partial charge in [0.05, 0.1) is 17.8 Å². The highest BCUT2D eigenvalue weighted by Crippen LogP contribution is 2.32. The number of nitrogens with two attached hydrogens (primary N) is 2. The molecule has 0 amide bonds. The first-order valence-corrected chi connectivity index (χ1v) is 7.61. The quantitative estimate of drug-likeness (QED) is 0.293. The highest BCUT2D eigenvalue weighted by Gasteiger charge is 2.39. The van der Waals surface area contributed by atoms with Gasteiger partial charge >= 0.3 is 5.92 Å². The molecule has 0 bridgehead atoms. The average molecular weight is 344 g/mol. The fourth-order valence-electron chi connectivity index (χ4n) is 2.76. The van der Waals surface area contributed by atoms with E-state index >= 15 is 0 Å². The van der Waals surface area contributed by atoms with Gasteiger partial charge in [-0.3, -0.25) is 4.68 Å². The highest BCUT2D eigenvalue weighted by molar-refractivity contribution is 5.91. The van der Waals surface area contributed by atoms with Crippen LogP contribution in [0.3, 0.4) is 0 Å². The van der Waals surface area contributed by atoms with Gasteiger partial charge in [-0.2, -0.15) is 19.0 Å². The SMILES string of the molecule is Cc1nn(Cc2ccccc2)c2cc(C(F)(F)/C(=N/N)NN)ccc12. The maximum absolute atomic E-state index is 14.5. The van der Waals surface area contributed by atoms with Crippen molar-refractivity contribution < 1.29 is 8.78 Å². The molecule has 0 aliphatic heterocycles. The van der Waals surface area contributed by atoms with Crippen LogP contribution in [-0.2, 0) is 12.5 Å². The molecular weight excluding hydrogens is 326 g/mol. The zero-order valence-electron chi connectivity index (χ0n) is 13.6. The number of halogens is 2. The third kappa shape index (κ3) is 3.03.